The van der Waals surface area contributed by atoms with Crippen molar-refractivity contribution in [2.45, 2.75) is 12.5 Å². The maximum absolute atomic E-state index is 12.5. The zero-order chi connectivity index (χ0) is 15.0. The minimum atomic E-state index is -0.0769. The highest BCUT2D eigenvalue weighted by Gasteiger charge is 2.38. The number of ether oxygens (including phenoxy) is 1. The van der Waals surface area contributed by atoms with Crippen molar-refractivity contribution in [3.05, 3.63) is 18.2 Å². The Kier molecular flexibility index (Phi) is 3.67. The van der Waals surface area contributed by atoms with Crippen LogP contribution in [0.2, 0.25) is 0 Å². The fraction of sp³-hybridized carbons (Fsp3) is 0.643. The van der Waals surface area contributed by atoms with E-state index < -0.39 is 0 Å². The molecule has 1 aromatic rings. The van der Waals surface area contributed by atoms with Crippen LogP contribution in [0.5, 0.6) is 0 Å². The van der Waals surface area contributed by atoms with E-state index in [1.807, 2.05) is 7.05 Å². The third-order valence-corrected chi connectivity index (χ3v) is 4.47. The van der Waals surface area contributed by atoms with Crippen molar-refractivity contribution in [3.63, 3.8) is 0 Å². The molecule has 3 heterocycles. The Morgan fingerprint density at radius 3 is 2.95 bits per heavy atom. The fourth-order valence-electron chi connectivity index (χ4n) is 3.10. The molecule has 114 valence electrons. The number of hydrogen-bond acceptors (Lipinski definition) is 4. The third-order valence-electron chi connectivity index (χ3n) is 4.47. The number of carbonyl (C=O) groups is 2. The molecule has 21 heavy (non-hydrogen) atoms. The first-order valence-corrected chi connectivity index (χ1v) is 7.18. The van der Waals surface area contributed by atoms with Crippen LogP contribution in [0.1, 0.15) is 17.0 Å². The van der Waals surface area contributed by atoms with Crippen LogP contribution in [-0.2, 0) is 16.6 Å². The van der Waals surface area contributed by atoms with Crippen LogP contribution in [0.25, 0.3) is 0 Å². The van der Waals surface area contributed by atoms with Crippen LogP contribution in [0.3, 0.4) is 0 Å². The summed E-state index contributed by atoms with van der Waals surface area (Å²) in [4.78, 5) is 32.1. The topological polar surface area (TPSA) is 67.7 Å². The Hall–Kier alpha value is -1.89. The van der Waals surface area contributed by atoms with Gasteiger partial charge in [-0.15, -0.1) is 0 Å². The Labute approximate surface area is 123 Å². The van der Waals surface area contributed by atoms with Crippen molar-refractivity contribution in [2.24, 2.45) is 13.0 Å². The molecule has 0 spiro atoms. The van der Waals surface area contributed by atoms with Gasteiger partial charge in [-0.1, -0.05) is 0 Å². The standard InChI is InChI=1S/C14H20N4O3/c1-16-6-4-15-13(16)14(20)18-5-3-10-8-21-9-12(19)17(2)11(10)7-18/h4,6,10-11H,3,5,7-9H2,1-2H3/t10-,11-/m0/s1. The molecule has 7 nitrogen and oxygen atoms in total. The second kappa shape index (κ2) is 5.48. The SMILES string of the molecule is CN1C(=O)COC[C@@H]2CCN(C(=O)c3nccn3C)C[C@@H]21. The first-order valence-electron chi connectivity index (χ1n) is 7.18. The van der Waals surface area contributed by atoms with Gasteiger partial charge >= 0.3 is 0 Å². The van der Waals surface area contributed by atoms with Crippen molar-refractivity contribution in [1.82, 2.24) is 19.4 Å². The summed E-state index contributed by atoms with van der Waals surface area (Å²) in [6.45, 7) is 1.95. The highest BCUT2D eigenvalue weighted by Crippen LogP contribution is 2.25. The molecule has 2 amide bonds. The highest BCUT2D eigenvalue weighted by atomic mass is 16.5. The van der Waals surface area contributed by atoms with E-state index in [0.29, 0.717) is 31.4 Å². The molecule has 2 aliphatic rings. The quantitative estimate of drug-likeness (QED) is 0.715. The average molecular weight is 292 g/mol. The molecule has 0 radical (unpaired) electrons. The zero-order valence-electron chi connectivity index (χ0n) is 12.4. The summed E-state index contributed by atoms with van der Waals surface area (Å²) in [5, 5.41) is 0. The van der Waals surface area contributed by atoms with E-state index in [2.05, 4.69) is 4.98 Å². The first kappa shape index (κ1) is 14.1. The normalized spacial score (nSPS) is 26.5. The van der Waals surface area contributed by atoms with Gasteiger partial charge in [0.05, 0.1) is 12.6 Å². The monoisotopic (exact) mass is 292 g/mol. The predicted octanol–water partition coefficient (Wildman–Crippen LogP) is -0.261. The lowest BCUT2D eigenvalue weighted by molar-refractivity contribution is -0.134. The number of hydrogen-bond donors (Lipinski definition) is 0. The molecule has 7 heteroatoms. The molecule has 0 bridgehead atoms. The molecule has 2 fully saturated rings. The molecule has 0 unspecified atom stereocenters. The van der Waals surface area contributed by atoms with Gasteiger partial charge in [-0.2, -0.15) is 0 Å². The Morgan fingerprint density at radius 2 is 2.24 bits per heavy atom. The van der Waals surface area contributed by atoms with E-state index >= 15 is 0 Å². The van der Waals surface area contributed by atoms with E-state index in [4.69, 9.17) is 4.74 Å². The Morgan fingerprint density at radius 1 is 1.43 bits per heavy atom. The number of likely N-dealkylation sites (tertiary alicyclic amines) is 1. The molecule has 2 atom stereocenters. The summed E-state index contributed by atoms with van der Waals surface area (Å²) < 4.78 is 7.14. The average Bonchev–Trinajstić information content (AvgIpc) is 2.86. The molecular weight excluding hydrogens is 272 g/mol. The second-order valence-electron chi connectivity index (χ2n) is 5.75. The minimum absolute atomic E-state index is 0.0196. The number of aryl methyl sites for hydroxylation is 1. The summed E-state index contributed by atoms with van der Waals surface area (Å²) in [6, 6.07) is 0.0259. The maximum atomic E-state index is 12.5. The number of piperidine rings is 1. The summed E-state index contributed by atoms with van der Waals surface area (Å²) >= 11 is 0. The van der Waals surface area contributed by atoms with Crippen LogP contribution in [0, 0.1) is 5.92 Å². The van der Waals surface area contributed by atoms with Gasteiger partial charge in [0.1, 0.15) is 6.61 Å². The number of nitrogens with zero attached hydrogens (tertiary/aromatic N) is 4. The lowest BCUT2D eigenvalue weighted by atomic mass is 9.91. The van der Waals surface area contributed by atoms with Crippen LogP contribution in [0.15, 0.2) is 12.4 Å². The lowest BCUT2D eigenvalue weighted by Gasteiger charge is -2.40. The van der Waals surface area contributed by atoms with E-state index in [1.54, 1.807) is 33.8 Å². The van der Waals surface area contributed by atoms with Crippen molar-refractivity contribution in [1.29, 1.82) is 0 Å². The number of imidazole rings is 1. The molecule has 0 saturated carbocycles. The molecule has 0 aromatic carbocycles. The first-order chi connectivity index (χ1) is 10.1. The summed E-state index contributed by atoms with van der Waals surface area (Å²) in [5.74, 6) is 0.639. The van der Waals surface area contributed by atoms with E-state index in [0.717, 1.165) is 6.42 Å². The molecule has 0 aliphatic carbocycles. The van der Waals surface area contributed by atoms with Gasteiger partial charge in [0.25, 0.3) is 5.91 Å². The summed E-state index contributed by atoms with van der Waals surface area (Å²) in [6.07, 6.45) is 4.22. The van der Waals surface area contributed by atoms with Crippen molar-refractivity contribution in [2.75, 3.05) is 33.4 Å². The minimum Gasteiger partial charge on any atom is -0.371 e. The number of carbonyl (C=O) groups excluding carboxylic acids is 2. The van der Waals surface area contributed by atoms with Crippen LogP contribution < -0.4 is 0 Å². The highest BCUT2D eigenvalue weighted by molar-refractivity contribution is 5.91. The number of fused-ring (bicyclic) bond motifs is 1. The fourth-order valence-corrected chi connectivity index (χ4v) is 3.10. The number of likely N-dealkylation sites (N-methyl/N-ethyl adjacent to an activating group) is 1. The largest absolute Gasteiger partial charge is 0.371 e. The smallest absolute Gasteiger partial charge is 0.289 e. The van der Waals surface area contributed by atoms with Crippen LogP contribution >= 0.6 is 0 Å². The molecule has 2 saturated heterocycles. The van der Waals surface area contributed by atoms with Crippen LogP contribution in [0.4, 0.5) is 0 Å². The van der Waals surface area contributed by atoms with Crippen molar-refractivity contribution >= 4 is 11.8 Å². The predicted molar refractivity (Wildman–Crippen MR) is 74.6 cm³/mol. The maximum Gasteiger partial charge on any atom is 0.289 e. The Balaban J connectivity index is 1.77. The van der Waals surface area contributed by atoms with Crippen molar-refractivity contribution < 1.29 is 14.3 Å². The molecule has 3 rings (SSSR count). The van der Waals surface area contributed by atoms with Gasteiger partial charge in [-0.05, 0) is 6.42 Å². The molecular formula is C14H20N4O3. The van der Waals surface area contributed by atoms with Gasteiger partial charge in [-0.25, -0.2) is 4.98 Å². The van der Waals surface area contributed by atoms with Gasteiger partial charge in [0, 0.05) is 45.5 Å². The molecule has 0 N–H and O–H groups in total. The van der Waals surface area contributed by atoms with Gasteiger partial charge in [0.15, 0.2) is 5.82 Å². The van der Waals surface area contributed by atoms with E-state index in [-0.39, 0.29) is 24.5 Å². The van der Waals surface area contributed by atoms with E-state index in [9.17, 15) is 9.59 Å². The molecule has 1 aromatic heterocycles. The molecule has 2 aliphatic heterocycles. The number of aromatic nitrogens is 2. The van der Waals surface area contributed by atoms with E-state index in [1.165, 1.54) is 0 Å². The zero-order valence-corrected chi connectivity index (χ0v) is 12.4. The van der Waals surface area contributed by atoms with Crippen molar-refractivity contribution in [3.8, 4) is 0 Å². The Bertz CT molecular complexity index is 556. The van der Waals surface area contributed by atoms with Crippen LogP contribution in [-0.4, -0.2) is 70.6 Å². The van der Waals surface area contributed by atoms with Gasteiger partial charge < -0.3 is 19.1 Å². The third kappa shape index (κ3) is 2.53. The second-order valence-corrected chi connectivity index (χ2v) is 5.75. The summed E-state index contributed by atoms with van der Waals surface area (Å²) in [7, 11) is 3.60. The number of amides is 2. The van der Waals surface area contributed by atoms with Gasteiger partial charge in [0.2, 0.25) is 5.91 Å². The summed E-state index contributed by atoms with van der Waals surface area (Å²) in [5.41, 5.74) is 0. The van der Waals surface area contributed by atoms with Gasteiger partial charge in [-0.3, -0.25) is 9.59 Å². The lowest BCUT2D eigenvalue weighted by Crippen LogP contribution is -2.54. The number of rotatable bonds is 1.